The van der Waals surface area contributed by atoms with E-state index in [1.165, 1.54) is 0 Å². The van der Waals surface area contributed by atoms with Gasteiger partial charge in [0.25, 0.3) is 5.91 Å². The van der Waals surface area contributed by atoms with Gasteiger partial charge in [-0.3, -0.25) is 4.79 Å². The van der Waals surface area contributed by atoms with Gasteiger partial charge in [-0.15, -0.1) is 0 Å². The number of carbonyl (C=O) groups excluding carboxylic acids is 1. The van der Waals surface area contributed by atoms with Crippen LogP contribution in [0.1, 0.15) is 55.0 Å². The summed E-state index contributed by atoms with van der Waals surface area (Å²) < 4.78 is 5.64. The second-order valence-corrected chi connectivity index (χ2v) is 5.87. The van der Waals surface area contributed by atoms with Crippen molar-refractivity contribution < 1.29 is 14.3 Å². The highest BCUT2D eigenvalue weighted by atomic mass is 16.4. The second-order valence-electron chi connectivity index (χ2n) is 5.87. The van der Waals surface area contributed by atoms with E-state index in [0.717, 1.165) is 37.0 Å². The molecule has 1 amide bonds. The molecule has 112 valence electrons. The van der Waals surface area contributed by atoms with Crippen LogP contribution in [0.2, 0.25) is 0 Å². The van der Waals surface area contributed by atoms with Gasteiger partial charge < -0.3 is 14.4 Å². The molecule has 0 saturated carbocycles. The van der Waals surface area contributed by atoms with Crippen molar-refractivity contribution >= 4 is 5.91 Å². The molecule has 20 heavy (non-hydrogen) atoms. The first-order chi connectivity index (χ1) is 9.55. The maximum absolute atomic E-state index is 12.4. The zero-order valence-electron chi connectivity index (χ0n) is 12.7. The Kier molecular flexibility index (Phi) is 4.53. The Morgan fingerprint density at radius 2 is 2.05 bits per heavy atom. The number of aryl methyl sites for hydroxylation is 2. The molecule has 0 aliphatic carbocycles. The number of carbonyl (C=O) groups is 1. The van der Waals surface area contributed by atoms with Crippen LogP contribution in [0, 0.1) is 12.3 Å². The van der Waals surface area contributed by atoms with Crippen molar-refractivity contribution in [3.8, 4) is 0 Å². The number of nitrogens with zero attached hydrogens (tertiary/aromatic N) is 1. The topological polar surface area (TPSA) is 53.7 Å². The van der Waals surface area contributed by atoms with Crippen molar-refractivity contribution in [3.05, 3.63) is 23.2 Å². The van der Waals surface area contributed by atoms with Crippen LogP contribution in [0.4, 0.5) is 0 Å². The molecule has 2 heterocycles. The van der Waals surface area contributed by atoms with Gasteiger partial charge in [-0.05, 0) is 43.2 Å². The lowest BCUT2D eigenvalue weighted by molar-refractivity contribution is 0.0319. The van der Waals surface area contributed by atoms with Crippen molar-refractivity contribution in [2.75, 3.05) is 19.7 Å². The normalized spacial score (nSPS) is 18.3. The van der Waals surface area contributed by atoms with E-state index in [0.29, 0.717) is 18.8 Å². The smallest absolute Gasteiger partial charge is 0.289 e. The van der Waals surface area contributed by atoms with Crippen LogP contribution in [0.3, 0.4) is 0 Å². The Labute approximate surface area is 120 Å². The van der Waals surface area contributed by atoms with E-state index in [1.54, 1.807) is 0 Å². The highest BCUT2D eigenvalue weighted by Gasteiger charge is 2.34. The minimum absolute atomic E-state index is 0.00440. The molecule has 1 aromatic heterocycles. The fraction of sp³-hybridized carbons (Fsp3) is 0.688. The third kappa shape index (κ3) is 2.75. The van der Waals surface area contributed by atoms with E-state index in [1.807, 2.05) is 24.8 Å². The van der Waals surface area contributed by atoms with Crippen LogP contribution < -0.4 is 0 Å². The summed E-state index contributed by atoms with van der Waals surface area (Å²) in [6.45, 7) is 7.73. The predicted octanol–water partition coefficient (Wildman–Crippen LogP) is 2.78. The van der Waals surface area contributed by atoms with Crippen LogP contribution >= 0.6 is 0 Å². The average Bonchev–Trinajstić information content (AvgIpc) is 2.87. The Morgan fingerprint density at radius 1 is 1.40 bits per heavy atom. The zero-order chi connectivity index (χ0) is 14.8. The third-order valence-corrected chi connectivity index (χ3v) is 4.75. The number of furan rings is 1. The molecule has 1 aliphatic rings. The monoisotopic (exact) mass is 279 g/mol. The van der Waals surface area contributed by atoms with Crippen LogP contribution in [0.25, 0.3) is 0 Å². The minimum Gasteiger partial charge on any atom is -0.456 e. The molecule has 4 heteroatoms. The largest absolute Gasteiger partial charge is 0.456 e. The molecular weight excluding hydrogens is 254 g/mol. The van der Waals surface area contributed by atoms with Crippen molar-refractivity contribution in [2.24, 2.45) is 5.41 Å². The second kappa shape index (κ2) is 6.00. The van der Waals surface area contributed by atoms with Gasteiger partial charge in [-0.25, -0.2) is 0 Å². The molecule has 1 saturated heterocycles. The maximum Gasteiger partial charge on any atom is 0.289 e. The average molecular weight is 279 g/mol. The number of hydrogen-bond donors (Lipinski definition) is 1. The molecule has 1 aromatic rings. The third-order valence-electron chi connectivity index (χ3n) is 4.75. The summed E-state index contributed by atoms with van der Waals surface area (Å²) in [6.07, 6.45) is 3.51. The summed E-state index contributed by atoms with van der Waals surface area (Å²) >= 11 is 0. The van der Waals surface area contributed by atoms with Crippen LogP contribution in [-0.2, 0) is 6.42 Å². The summed E-state index contributed by atoms with van der Waals surface area (Å²) in [7, 11) is 0. The van der Waals surface area contributed by atoms with Gasteiger partial charge in [0.1, 0.15) is 5.76 Å². The van der Waals surface area contributed by atoms with E-state index in [9.17, 15) is 9.90 Å². The van der Waals surface area contributed by atoms with Crippen molar-refractivity contribution in [2.45, 2.75) is 46.5 Å². The molecule has 0 bridgehead atoms. The lowest BCUT2D eigenvalue weighted by Crippen LogP contribution is -2.44. The summed E-state index contributed by atoms with van der Waals surface area (Å²) in [5, 5.41) is 9.53. The van der Waals surface area contributed by atoms with Crippen LogP contribution in [0.5, 0.6) is 0 Å². The first-order valence-electron chi connectivity index (χ1n) is 7.54. The van der Waals surface area contributed by atoms with Gasteiger partial charge in [-0.2, -0.15) is 0 Å². The molecule has 1 N–H and O–H groups in total. The molecule has 0 aromatic carbocycles. The summed E-state index contributed by atoms with van der Waals surface area (Å²) in [5.74, 6) is 1.33. The molecular formula is C16H25NO3. The number of likely N-dealkylation sites (tertiary alicyclic amines) is 1. The molecule has 1 aliphatic heterocycles. The lowest BCUT2D eigenvalue weighted by Gasteiger charge is -2.39. The number of rotatable bonds is 4. The van der Waals surface area contributed by atoms with E-state index in [4.69, 9.17) is 4.42 Å². The molecule has 1 fully saturated rings. The molecule has 0 unspecified atom stereocenters. The molecule has 2 rings (SSSR count). The van der Waals surface area contributed by atoms with E-state index in [2.05, 4.69) is 6.92 Å². The van der Waals surface area contributed by atoms with Crippen molar-refractivity contribution in [1.82, 2.24) is 4.90 Å². The Morgan fingerprint density at radius 3 is 2.50 bits per heavy atom. The van der Waals surface area contributed by atoms with E-state index >= 15 is 0 Å². The van der Waals surface area contributed by atoms with Crippen molar-refractivity contribution in [3.63, 3.8) is 0 Å². The maximum atomic E-state index is 12.4. The fourth-order valence-electron chi connectivity index (χ4n) is 2.94. The number of aliphatic hydroxyl groups is 1. The predicted molar refractivity (Wildman–Crippen MR) is 77.8 cm³/mol. The van der Waals surface area contributed by atoms with Gasteiger partial charge in [0.15, 0.2) is 5.76 Å². The number of piperidine rings is 1. The zero-order valence-corrected chi connectivity index (χ0v) is 12.7. The van der Waals surface area contributed by atoms with Gasteiger partial charge in [0.2, 0.25) is 0 Å². The SMILES string of the molecule is CCc1oc(C(=O)N2CCC(CC)(CO)CC2)cc1C. The molecule has 0 atom stereocenters. The van der Waals surface area contributed by atoms with Gasteiger partial charge in [0.05, 0.1) is 0 Å². The summed E-state index contributed by atoms with van der Waals surface area (Å²) in [5.41, 5.74) is 1.05. The quantitative estimate of drug-likeness (QED) is 0.922. The fourth-order valence-corrected chi connectivity index (χ4v) is 2.94. The highest BCUT2D eigenvalue weighted by molar-refractivity contribution is 5.91. The van der Waals surface area contributed by atoms with Crippen molar-refractivity contribution in [1.29, 1.82) is 0 Å². The van der Waals surface area contributed by atoms with Gasteiger partial charge in [0, 0.05) is 26.1 Å². The standard InChI is InChI=1S/C16H25NO3/c1-4-13-12(3)10-14(20-13)15(19)17-8-6-16(5-2,11-18)7-9-17/h10,18H,4-9,11H2,1-3H3. The molecule has 0 radical (unpaired) electrons. The Bertz CT molecular complexity index is 464. The van der Waals surface area contributed by atoms with Gasteiger partial charge in [-0.1, -0.05) is 13.8 Å². The number of hydrogen-bond acceptors (Lipinski definition) is 3. The van der Waals surface area contributed by atoms with Crippen LogP contribution in [-0.4, -0.2) is 35.6 Å². The lowest BCUT2D eigenvalue weighted by atomic mass is 9.77. The number of aliphatic hydroxyl groups excluding tert-OH is 1. The first kappa shape index (κ1) is 15.1. The Balaban J connectivity index is 2.04. The molecule has 4 nitrogen and oxygen atoms in total. The Hall–Kier alpha value is -1.29. The minimum atomic E-state index is -0.0181. The van der Waals surface area contributed by atoms with E-state index < -0.39 is 0 Å². The number of amides is 1. The first-order valence-corrected chi connectivity index (χ1v) is 7.54. The van der Waals surface area contributed by atoms with E-state index in [-0.39, 0.29) is 17.9 Å². The van der Waals surface area contributed by atoms with Gasteiger partial charge >= 0.3 is 0 Å². The van der Waals surface area contributed by atoms with Crippen LogP contribution in [0.15, 0.2) is 10.5 Å². The highest BCUT2D eigenvalue weighted by Crippen LogP contribution is 2.34. The summed E-state index contributed by atoms with van der Waals surface area (Å²) in [6, 6.07) is 1.84. The summed E-state index contributed by atoms with van der Waals surface area (Å²) in [4.78, 5) is 14.3. The molecule has 0 spiro atoms.